The molecule has 2 aromatic heterocycles. The maximum absolute atomic E-state index is 14.8. The Morgan fingerprint density at radius 3 is 2.43 bits per heavy atom. The minimum Gasteiger partial charge on any atom is -0.508 e. The van der Waals surface area contributed by atoms with E-state index >= 15 is 0 Å². The number of halogens is 2. The Kier molecular flexibility index (Phi) is 10.9. The maximum atomic E-state index is 14.8. The smallest absolute Gasteiger partial charge is 0.265 e. The molecule has 2 aliphatic rings. The van der Waals surface area contributed by atoms with Crippen molar-refractivity contribution in [3.8, 4) is 23.1 Å². The fraction of sp³-hybridized carbons (Fsp3) is 0.256. The zero-order valence-corrected chi connectivity index (χ0v) is 30.6. The number of fused-ring (bicyclic) bond motifs is 1. The lowest BCUT2D eigenvalue weighted by Gasteiger charge is -2.40. The number of ether oxygens (including phenoxy) is 1. The number of thiophene rings is 1. The SMILES string of the molecule is Cc1c(C(=O)N(c2ccc(O)cc2)c2ccc(C#N)s2)cc(-c2cc(Cl)ccc2C(=O)N2Cc3ccccc3C[C@H]2CN2CCOCC2)n1C.Cl. The highest BCUT2D eigenvalue weighted by Gasteiger charge is 2.34. The van der Waals surface area contributed by atoms with Gasteiger partial charge in [-0.3, -0.25) is 19.4 Å². The summed E-state index contributed by atoms with van der Waals surface area (Å²) in [6.45, 7) is 6.14. The highest BCUT2D eigenvalue weighted by Crippen LogP contribution is 2.38. The molecule has 3 aromatic carbocycles. The Bertz CT molecular complexity index is 2120. The Labute approximate surface area is 312 Å². The number of nitrogens with zero attached hydrogens (tertiary/aromatic N) is 5. The van der Waals surface area contributed by atoms with Gasteiger partial charge in [0.05, 0.1) is 24.5 Å². The van der Waals surface area contributed by atoms with Crippen molar-refractivity contribution in [3.63, 3.8) is 0 Å². The van der Waals surface area contributed by atoms with E-state index in [9.17, 15) is 20.0 Å². The molecule has 0 aliphatic carbocycles. The predicted molar refractivity (Wildman–Crippen MR) is 203 cm³/mol. The van der Waals surface area contributed by atoms with Crippen LogP contribution in [0.5, 0.6) is 5.75 Å². The van der Waals surface area contributed by atoms with Gasteiger partial charge < -0.3 is 19.3 Å². The Morgan fingerprint density at radius 2 is 1.73 bits per heavy atom. The number of carbonyl (C=O) groups is 2. The third-order valence-electron chi connectivity index (χ3n) is 9.68. The second-order valence-corrected chi connectivity index (χ2v) is 14.2. The number of anilines is 2. The van der Waals surface area contributed by atoms with Gasteiger partial charge in [-0.05, 0) is 85.1 Å². The summed E-state index contributed by atoms with van der Waals surface area (Å²) in [6.07, 6.45) is 0.757. The van der Waals surface area contributed by atoms with Gasteiger partial charge in [0.15, 0.2) is 0 Å². The molecule has 0 unspecified atom stereocenters. The number of aromatic hydroxyl groups is 1. The normalized spacial score (nSPS) is 15.8. The fourth-order valence-electron chi connectivity index (χ4n) is 6.89. The van der Waals surface area contributed by atoms with Gasteiger partial charge in [-0.1, -0.05) is 35.9 Å². The molecule has 1 N–H and O–H groups in total. The summed E-state index contributed by atoms with van der Waals surface area (Å²) in [5.41, 5.74) is 5.88. The molecule has 12 heteroatoms. The molecule has 9 nitrogen and oxygen atoms in total. The van der Waals surface area contributed by atoms with Gasteiger partial charge in [0.1, 0.15) is 21.7 Å². The summed E-state index contributed by atoms with van der Waals surface area (Å²) in [5.74, 6) is -0.329. The largest absolute Gasteiger partial charge is 0.508 e. The third-order valence-corrected chi connectivity index (χ3v) is 10.9. The van der Waals surface area contributed by atoms with E-state index in [1.54, 1.807) is 47.4 Å². The molecule has 1 atom stereocenters. The minimum absolute atomic E-state index is 0. The number of morpholine rings is 1. The van der Waals surface area contributed by atoms with E-state index in [4.69, 9.17) is 16.3 Å². The number of phenols is 1. The lowest BCUT2D eigenvalue weighted by molar-refractivity contribution is 0.0193. The van der Waals surface area contributed by atoms with E-state index in [2.05, 4.69) is 29.2 Å². The molecule has 0 spiro atoms. The molecule has 2 aliphatic heterocycles. The lowest BCUT2D eigenvalue weighted by Crippen LogP contribution is -2.52. The van der Waals surface area contributed by atoms with E-state index in [-0.39, 0.29) is 36.0 Å². The van der Waals surface area contributed by atoms with Gasteiger partial charge in [-0.2, -0.15) is 5.26 Å². The summed E-state index contributed by atoms with van der Waals surface area (Å²) in [7, 11) is 1.87. The molecule has 0 bridgehead atoms. The predicted octanol–water partition coefficient (Wildman–Crippen LogP) is 7.59. The molecule has 7 rings (SSSR count). The standard InChI is InChI=1S/C39H36ClN5O4S.ClH/c1-25-34(39(48)45(29-8-10-31(46)11-9-29)37-14-12-32(22-41)50-37)21-36(42(25)2)35-20-28(40)7-13-33(35)38(47)44-23-27-6-4-3-5-26(27)19-30(44)24-43-15-17-49-18-16-43;/h3-14,20-21,30,46H,15-19,23-24H2,1-2H3;1H/t30-;/m0./s1. The van der Waals surface area contributed by atoms with E-state index < -0.39 is 0 Å². The number of rotatable bonds is 7. The number of nitriles is 1. The summed E-state index contributed by atoms with van der Waals surface area (Å²) in [6, 6.07) is 27.3. The van der Waals surface area contributed by atoms with Crippen LogP contribution in [0.15, 0.2) is 84.9 Å². The van der Waals surface area contributed by atoms with Gasteiger partial charge in [-0.15, -0.1) is 23.7 Å². The number of carbonyl (C=O) groups excluding carboxylic acids is 2. The number of hydrogen-bond donors (Lipinski definition) is 1. The van der Waals surface area contributed by atoms with Crippen LogP contribution in [0.3, 0.4) is 0 Å². The minimum atomic E-state index is -0.311. The summed E-state index contributed by atoms with van der Waals surface area (Å²) < 4.78 is 7.51. The van der Waals surface area contributed by atoms with Gasteiger partial charge in [0, 0.05) is 66.8 Å². The number of benzene rings is 3. The van der Waals surface area contributed by atoms with Crippen LogP contribution >= 0.6 is 35.3 Å². The highest BCUT2D eigenvalue weighted by atomic mass is 35.5. The Hall–Kier alpha value is -4.63. The third kappa shape index (κ3) is 7.27. The fourth-order valence-corrected chi connectivity index (χ4v) is 7.88. The van der Waals surface area contributed by atoms with E-state index in [0.29, 0.717) is 68.4 Å². The topological polar surface area (TPSA) is 102 Å². The average Bonchev–Trinajstić information content (AvgIpc) is 3.72. The quantitative estimate of drug-likeness (QED) is 0.185. The van der Waals surface area contributed by atoms with Crippen molar-refractivity contribution < 1.29 is 19.4 Å². The zero-order chi connectivity index (χ0) is 34.9. The van der Waals surface area contributed by atoms with Crippen LogP contribution in [-0.2, 0) is 24.8 Å². The molecule has 4 heterocycles. The van der Waals surface area contributed by atoms with Gasteiger partial charge in [0.2, 0.25) is 0 Å². The molecule has 0 radical (unpaired) electrons. The molecule has 0 saturated carbocycles. The van der Waals surface area contributed by atoms with Crippen LogP contribution in [0, 0.1) is 18.3 Å². The van der Waals surface area contributed by atoms with Crippen molar-refractivity contribution in [1.29, 1.82) is 5.26 Å². The Morgan fingerprint density at radius 1 is 1.00 bits per heavy atom. The second kappa shape index (κ2) is 15.3. The first-order valence-corrected chi connectivity index (χ1v) is 17.7. The van der Waals surface area contributed by atoms with Crippen molar-refractivity contribution in [2.75, 3.05) is 37.7 Å². The van der Waals surface area contributed by atoms with E-state index in [1.807, 2.05) is 35.6 Å². The van der Waals surface area contributed by atoms with E-state index in [0.717, 1.165) is 31.6 Å². The van der Waals surface area contributed by atoms with Crippen LogP contribution in [0.4, 0.5) is 10.7 Å². The number of aromatic nitrogens is 1. The monoisotopic (exact) mass is 741 g/mol. The molecule has 5 aromatic rings. The van der Waals surface area contributed by atoms with Crippen LogP contribution in [-0.4, -0.2) is 70.2 Å². The average molecular weight is 743 g/mol. The Balaban J connectivity index is 0.00000448. The van der Waals surface area contributed by atoms with Crippen molar-refractivity contribution in [1.82, 2.24) is 14.4 Å². The summed E-state index contributed by atoms with van der Waals surface area (Å²) in [4.78, 5) is 35.6. The number of amides is 2. The number of hydrogen-bond acceptors (Lipinski definition) is 7. The van der Waals surface area contributed by atoms with Crippen molar-refractivity contribution in [3.05, 3.63) is 123 Å². The van der Waals surface area contributed by atoms with Crippen LogP contribution < -0.4 is 4.90 Å². The van der Waals surface area contributed by atoms with Crippen LogP contribution in [0.25, 0.3) is 11.3 Å². The first-order valence-electron chi connectivity index (χ1n) is 16.5. The van der Waals surface area contributed by atoms with Crippen LogP contribution in [0.2, 0.25) is 5.02 Å². The first kappa shape index (κ1) is 36.2. The molecule has 2 amide bonds. The highest BCUT2D eigenvalue weighted by molar-refractivity contribution is 7.16. The number of phenolic OH excluding ortho intramolecular Hbond substituents is 1. The van der Waals surface area contributed by atoms with Gasteiger partial charge in [-0.25, -0.2) is 0 Å². The molecule has 262 valence electrons. The zero-order valence-electron chi connectivity index (χ0n) is 28.2. The summed E-state index contributed by atoms with van der Waals surface area (Å²) in [5, 5.41) is 20.5. The summed E-state index contributed by atoms with van der Waals surface area (Å²) >= 11 is 7.81. The van der Waals surface area contributed by atoms with Crippen molar-refractivity contribution >= 4 is 57.8 Å². The molecular weight excluding hydrogens is 705 g/mol. The van der Waals surface area contributed by atoms with Crippen LogP contribution in [0.1, 0.15) is 42.4 Å². The van der Waals surface area contributed by atoms with Gasteiger partial charge in [0.25, 0.3) is 11.8 Å². The molecule has 51 heavy (non-hydrogen) atoms. The van der Waals surface area contributed by atoms with E-state index in [1.165, 1.54) is 29.0 Å². The lowest BCUT2D eigenvalue weighted by atomic mass is 9.92. The molecular formula is C39H37Cl2N5O4S. The van der Waals surface area contributed by atoms with Crippen molar-refractivity contribution in [2.45, 2.75) is 25.9 Å². The maximum Gasteiger partial charge on any atom is 0.265 e. The molecule has 1 fully saturated rings. The van der Waals surface area contributed by atoms with Gasteiger partial charge >= 0.3 is 0 Å². The second-order valence-electron chi connectivity index (χ2n) is 12.7. The first-order chi connectivity index (χ1) is 24.2. The molecule has 1 saturated heterocycles. The van der Waals surface area contributed by atoms with Crippen molar-refractivity contribution in [2.24, 2.45) is 7.05 Å².